The molecule has 0 aliphatic carbocycles. The van der Waals surface area contributed by atoms with Gasteiger partial charge < -0.3 is 14.7 Å². The average molecular weight is 286 g/mol. The fraction of sp³-hybridized carbons (Fsp3) is 0.385. The number of hydrogen-bond donors (Lipinski definition) is 1. The van der Waals surface area contributed by atoms with E-state index in [-0.39, 0.29) is 6.61 Å². The van der Waals surface area contributed by atoms with E-state index in [2.05, 4.69) is 0 Å². The number of hydrogen-bond acceptors (Lipinski definition) is 3. The van der Waals surface area contributed by atoms with Crippen LogP contribution in [0.5, 0.6) is 5.75 Å². The maximum absolute atomic E-state index is 11.9. The maximum Gasteiger partial charge on any atom is 0.329 e. The van der Waals surface area contributed by atoms with Crippen LogP contribution in [0.4, 0.5) is 0 Å². The highest BCUT2D eigenvalue weighted by Gasteiger charge is 2.35. The Labute approximate surface area is 116 Å². The third-order valence-electron chi connectivity index (χ3n) is 2.89. The fourth-order valence-electron chi connectivity index (χ4n) is 1.25. The third-order valence-corrected chi connectivity index (χ3v) is 3.13. The summed E-state index contributed by atoms with van der Waals surface area (Å²) in [6, 6.07) is 6.64. The van der Waals surface area contributed by atoms with Gasteiger partial charge in [0.1, 0.15) is 11.3 Å². The lowest BCUT2D eigenvalue weighted by molar-refractivity contribution is -0.156. The molecule has 1 rings (SSSR count). The largest absolute Gasteiger partial charge is 0.484 e. The van der Waals surface area contributed by atoms with Gasteiger partial charge in [0.15, 0.2) is 6.61 Å². The number of likely N-dealkylation sites (N-methyl/N-ethyl adjacent to an activating group) is 1. The second kappa shape index (κ2) is 5.93. The van der Waals surface area contributed by atoms with Crippen LogP contribution < -0.4 is 4.74 Å². The normalized spacial score (nSPS) is 10.9. The number of carboxylic acids is 1. The van der Waals surface area contributed by atoms with Crippen LogP contribution in [0.1, 0.15) is 13.8 Å². The molecule has 19 heavy (non-hydrogen) atoms. The van der Waals surface area contributed by atoms with E-state index in [0.717, 1.165) is 4.90 Å². The van der Waals surface area contributed by atoms with Crippen molar-refractivity contribution in [1.29, 1.82) is 0 Å². The van der Waals surface area contributed by atoms with Crippen molar-refractivity contribution in [2.45, 2.75) is 19.4 Å². The molecule has 0 spiro atoms. The molecule has 1 amide bonds. The van der Waals surface area contributed by atoms with E-state index in [1.54, 1.807) is 24.3 Å². The summed E-state index contributed by atoms with van der Waals surface area (Å²) in [7, 11) is 1.43. The van der Waals surface area contributed by atoms with E-state index in [4.69, 9.17) is 21.4 Å². The van der Waals surface area contributed by atoms with Gasteiger partial charge in [-0.15, -0.1) is 0 Å². The van der Waals surface area contributed by atoms with E-state index in [9.17, 15) is 9.59 Å². The summed E-state index contributed by atoms with van der Waals surface area (Å²) in [4.78, 5) is 24.0. The first-order valence-electron chi connectivity index (χ1n) is 5.63. The Morgan fingerprint density at radius 1 is 1.42 bits per heavy atom. The molecule has 0 fully saturated rings. The second-order valence-corrected chi connectivity index (χ2v) is 5.00. The van der Waals surface area contributed by atoms with Gasteiger partial charge in [-0.05, 0) is 32.0 Å². The first kappa shape index (κ1) is 15.3. The lowest BCUT2D eigenvalue weighted by Gasteiger charge is -2.31. The number of amides is 1. The molecule has 0 saturated carbocycles. The molecule has 5 nitrogen and oxygen atoms in total. The summed E-state index contributed by atoms with van der Waals surface area (Å²) in [5, 5.41) is 9.53. The van der Waals surface area contributed by atoms with E-state index < -0.39 is 17.4 Å². The monoisotopic (exact) mass is 285 g/mol. The molecule has 1 N–H and O–H groups in total. The fourth-order valence-corrected chi connectivity index (χ4v) is 1.43. The van der Waals surface area contributed by atoms with Gasteiger partial charge in [-0.2, -0.15) is 0 Å². The number of rotatable bonds is 5. The zero-order valence-corrected chi connectivity index (χ0v) is 11.8. The third kappa shape index (κ3) is 3.86. The number of ether oxygens (including phenoxy) is 1. The summed E-state index contributed by atoms with van der Waals surface area (Å²) >= 11 is 5.78. The summed E-state index contributed by atoms with van der Waals surface area (Å²) in [5.74, 6) is -1.04. The number of carbonyl (C=O) groups is 2. The quantitative estimate of drug-likeness (QED) is 0.899. The number of carboxylic acid groups (broad SMARTS) is 1. The van der Waals surface area contributed by atoms with Crippen LogP contribution in [0, 0.1) is 0 Å². The molecule has 0 aliphatic heterocycles. The van der Waals surface area contributed by atoms with Crippen molar-refractivity contribution in [2.75, 3.05) is 13.7 Å². The predicted molar refractivity (Wildman–Crippen MR) is 71.4 cm³/mol. The van der Waals surface area contributed by atoms with Crippen LogP contribution in [0.15, 0.2) is 24.3 Å². The highest BCUT2D eigenvalue weighted by atomic mass is 35.5. The highest BCUT2D eigenvalue weighted by Crippen LogP contribution is 2.18. The van der Waals surface area contributed by atoms with E-state index >= 15 is 0 Å². The maximum atomic E-state index is 11.9. The van der Waals surface area contributed by atoms with Crippen LogP contribution in [0.25, 0.3) is 0 Å². The molecule has 1 aromatic carbocycles. The van der Waals surface area contributed by atoms with E-state index in [1.165, 1.54) is 20.9 Å². The topological polar surface area (TPSA) is 66.8 Å². The number of nitrogens with zero attached hydrogens (tertiary/aromatic N) is 1. The van der Waals surface area contributed by atoms with E-state index in [1.807, 2.05) is 0 Å². The van der Waals surface area contributed by atoms with Crippen molar-refractivity contribution in [3.05, 3.63) is 29.3 Å². The molecule has 0 radical (unpaired) electrons. The highest BCUT2D eigenvalue weighted by molar-refractivity contribution is 6.30. The minimum Gasteiger partial charge on any atom is -0.484 e. The van der Waals surface area contributed by atoms with Gasteiger partial charge in [0.2, 0.25) is 0 Å². The van der Waals surface area contributed by atoms with Crippen molar-refractivity contribution in [3.8, 4) is 5.75 Å². The Hall–Kier alpha value is -1.75. The molecule has 6 heteroatoms. The molecular formula is C13H16ClNO4. The standard InChI is InChI=1S/C13H16ClNO4/c1-13(2,12(17)18)15(3)11(16)8-19-10-6-4-5-9(14)7-10/h4-7H,8H2,1-3H3,(H,17,18). The molecule has 0 unspecified atom stereocenters. The Morgan fingerprint density at radius 2 is 2.05 bits per heavy atom. The average Bonchev–Trinajstić information content (AvgIpc) is 2.34. The van der Waals surface area contributed by atoms with Crippen molar-refractivity contribution in [1.82, 2.24) is 4.90 Å². The minimum absolute atomic E-state index is 0.243. The van der Waals surface area contributed by atoms with Crippen LogP contribution >= 0.6 is 11.6 Å². The van der Waals surface area contributed by atoms with Crippen molar-refractivity contribution in [3.63, 3.8) is 0 Å². The number of carbonyl (C=O) groups excluding carboxylic acids is 1. The smallest absolute Gasteiger partial charge is 0.329 e. The van der Waals surface area contributed by atoms with Crippen molar-refractivity contribution >= 4 is 23.5 Å². The molecule has 1 aromatic rings. The van der Waals surface area contributed by atoms with Gasteiger partial charge >= 0.3 is 5.97 Å². The zero-order chi connectivity index (χ0) is 14.6. The van der Waals surface area contributed by atoms with Gasteiger partial charge in [-0.3, -0.25) is 4.79 Å². The number of halogens is 1. The van der Waals surface area contributed by atoms with Gasteiger partial charge in [0, 0.05) is 12.1 Å². The van der Waals surface area contributed by atoms with Gasteiger partial charge in [0.25, 0.3) is 5.91 Å². The summed E-state index contributed by atoms with van der Waals surface area (Å²) in [6.45, 7) is 2.66. The van der Waals surface area contributed by atoms with Crippen molar-refractivity contribution in [2.24, 2.45) is 0 Å². The molecule has 0 aliphatic rings. The molecule has 0 heterocycles. The lowest BCUT2D eigenvalue weighted by Crippen LogP contribution is -2.52. The Balaban J connectivity index is 2.63. The van der Waals surface area contributed by atoms with Gasteiger partial charge in [-0.1, -0.05) is 17.7 Å². The summed E-state index contributed by atoms with van der Waals surface area (Å²) < 4.78 is 5.28. The van der Waals surface area contributed by atoms with Crippen LogP contribution in [0.2, 0.25) is 5.02 Å². The molecule has 0 aromatic heterocycles. The Bertz CT molecular complexity index is 487. The number of aliphatic carboxylic acids is 1. The van der Waals surface area contributed by atoms with Gasteiger partial charge in [-0.25, -0.2) is 4.79 Å². The minimum atomic E-state index is -1.28. The summed E-state index contributed by atoms with van der Waals surface area (Å²) in [5.41, 5.74) is -1.28. The lowest BCUT2D eigenvalue weighted by atomic mass is 10.0. The zero-order valence-electron chi connectivity index (χ0n) is 11.0. The first-order valence-corrected chi connectivity index (χ1v) is 6.01. The van der Waals surface area contributed by atoms with Crippen LogP contribution in [-0.4, -0.2) is 41.1 Å². The Morgan fingerprint density at radius 3 is 2.58 bits per heavy atom. The molecule has 0 bridgehead atoms. The Kier molecular flexibility index (Phi) is 4.78. The van der Waals surface area contributed by atoms with Crippen LogP contribution in [0.3, 0.4) is 0 Å². The number of benzene rings is 1. The predicted octanol–water partition coefficient (Wildman–Crippen LogP) is 2.04. The second-order valence-electron chi connectivity index (χ2n) is 4.56. The summed E-state index contributed by atoms with van der Waals surface area (Å²) in [6.07, 6.45) is 0. The molecule has 0 atom stereocenters. The molecular weight excluding hydrogens is 270 g/mol. The van der Waals surface area contributed by atoms with Crippen molar-refractivity contribution < 1.29 is 19.4 Å². The van der Waals surface area contributed by atoms with E-state index in [0.29, 0.717) is 10.8 Å². The molecule has 0 saturated heterocycles. The SMILES string of the molecule is CN(C(=O)COc1cccc(Cl)c1)C(C)(C)C(=O)O. The first-order chi connectivity index (χ1) is 8.75. The van der Waals surface area contributed by atoms with Crippen LogP contribution in [-0.2, 0) is 9.59 Å². The van der Waals surface area contributed by atoms with Gasteiger partial charge in [0.05, 0.1) is 0 Å². The molecule has 104 valence electrons.